The highest BCUT2D eigenvalue weighted by molar-refractivity contribution is 7.89. The van der Waals surface area contributed by atoms with E-state index in [2.05, 4.69) is 0 Å². The van der Waals surface area contributed by atoms with Gasteiger partial charge in [0.25, 0.3) is 0 Å². The Morgan fingerprint density at radius 2 is 2.10 bits per heavy atom. The van der Waals surface area contributed by atoms with E-state index in [4.69, 9.17) is 4.74 Å². The molecule has 2 aliphatic rings. The summed E-state index contributed by atoms with van der Waals surface area (Å²) < 4.78 is 33.4. The third-order valence-electron chi connectivity index (χ3n) is 4.59. The zero-order valence-corrected chi connectivity index (χ0v) is 13.3. The number of sulfonamides is 1. The van der Waals surface area contributed by atoms with Gasteiger partial charge in [-0.15, -0.1) is 0 Å². The molecule has 116 valence electrons. The van der Waals surface area contributed by atoms with Crippen molar-refractivity contribution < 1.29 is 13.2 Å². The number of nitrogens with zero attached hydrogens (tertiary/aromatic N) is 1. The van der Waals surface area contributed by atoms with Crippen LogP contribution < -0.4 is 0 Å². The highest BCUT2D eigenvalue weighted by atomic mass is 32.2. The van der Waals surface area contributed by atoms with Gasteiger partial charge in [0.2, 0.25) is 10.0 Å². The Labute approximate surface area is 127 Å². The van der Waals surface area contributed by atoms with Crippen molar-refractivity contribution in [1.29, 1.82) is 0 Å². The van der Waals surface area contributed by atoms with Crippen molar-refractivity contribution in [1.82, 2.24) is 4.31 Å². The molecule has 1 aliphatic carbocycles. The summed E-state index contributed by atoms with van der Waals surface area (Å²) in [6.07, 6.45) is 5.05. The van der Waals surface area contributed by atoms with Gasteiger partial charge in [-0.1, -0.05) is 31.9 Å². The second-order valence-corrected chi connectivity index (χ2v) is 7.77. The molecule has 0 spiro atoms. The Balaban J connectivity index is 1.92. The second-order valence-electron chi connectivity index (χ2n) is 5.88. The van der Waals surface area contributed by atoms with E-state index in [1.165, 1.54) is 0 Å². The number of morpholine rings is 1. The van der Waals surface area contributed by atoms with Crippen LogP contribution >= 0.6 is 0 Å². The molecule has 2 atom stereocenters. The molecule has 1 saturated heterocycles. The zero-order chi connectivity index (χ0) is 14.9. The molecule has 1 aromatic rings. The molecule has 0 amide bonds. The lowest BCUT2D eigenvalue weighted by Gasteiger charge is -2.42. The Morgan fingerprint density at radius 1 is 1.29 bits per heavy atom. The van der Waals surface area contributed by atoms with Crippen molar-refractivity contribution in [3.8, 4) is 0 Å². The summed E-state index contributed by atoms with van der Waals surface area (Å²) in [6, 6.07) is 7.35. The molecular weight excluding hydrogens is 286 g/mol. The van der Waals surface area contributed by atoms with Crippen molar-refractivity contribution in [2.24, 2.45) is 0 Å². The minimum atomic E-state index is -3.41. The van der Waals surface area contributed by atoms with E-state index in [9.17, 15) is 8.42 Å². The maximum absolute atomic E-state index is 13.0. The fraction of sp³-hybridized carbons (Fsp3) is 0.625. The van der Waals surface area contributed by atoms with Crippen molar-refractivity contribution in [2.75, 3.05) is 13.2 Å². The number of aryl methyl sites for hydroxylation is 1. The Kier molecular flexibility index (Phi) is 4.33. The van der Waals surface area contributed by atoms with Gasteiger partial charge in [0.15, 0.2) is 0 Å². The van der Waals surface area contributed by atoms with E-state index in [1.54, 1.807) is 10.4 Å². The average Bonchev–Trinajstić information content (AvgIpc) is 2.54. The number of ether oxygens (including phenoxy) is 1. The highest BCUT2D eigenvalue weighted by Crippen LogP contribution is 2.32. The molecule has 2 fully saturated rings. The SMILES string of the molecule is CCc1cccc(S(=O)(=O)N2CCO[C@@H]3CCCC[C@@H]32)c1. The summed E-state index contributed by atoms with van der Waals surface area (Å²) in [5, 5.41) is 0. The van der Waals surface area contributed by atoms with Crippen LogP contribution in [0.5, 0.6) is 0 Å². The van der Waals surface area contributed by atoms with Crippen LogP contribution in [0.15, 0.2) is 29.2 Å². The fourth-order valence-electron chi connectivity index (χ4n) is 3.42. The predicted octanol–water partition coefficient (Wildman–Crippen LogP) is 2.58. The van der Waals surface area contributed by atoms with Gasteiger partial charge in [0, 0.05) is 6.54 Å². The maximum Gasteiger partial charge on any atom is 0.243 e. The van der Waals surface area contributed by atoms with Gasteiger partial charge in [0.1, 0.15) is 0 Å². The van der Waals surface area contributed by atoms with Crippen molar-refractivity contribution >= 4 is 10.0 Å². The Hall–Kier alpha value is -0.910. The first-order valence-corrected chi connectivity index (χ1v) is 9.29. The van der Waals surface area contributed by atoms with E-state index in [-0.39, 0.29) is 12.1 Å². The van der Waals surface area contributed by atoms with Crippen LogP contribution in [0.25, 0.3) is 0 Å². The molecule has 0 N–H and O–H groups in total. The van der Waals surface area contributed by atoms with Gasteiger partial charge < -0.3 is 4.74 Å². The van der Waals surface area contributed by atoms with Gasteiger partial charge >= 0.3 is 0 Å². The standard InChI is InChI=1S/C16H23NO3S/c1-2-13-6-5-7-14(12-13)21(18,19)17-10-11-20-16-9-4-3-8-15(16)17/h5-7,12,15-16H,2-4,8-11H2,1H3/t15-,16+/m0/s1. The molecule has 0 unspecified atom stereocenters. The zero-order valence-electron chi connectivity index (χ0n) is 12.5. The maximum atomic E-state index is 13.0. The van der Waals surface area contributed by atoms with Gasteiger partial charge in [-0.05, 0) is 37.0 Å². The normalized spacial score (nSPS) is 27.3. The van der Waals surface area contributed by atoms with Crippen LogP contribution in [-0.4, -0.2) is 38.0 Å². The minimum absolute atomic E-state index is 0.0165. The van der Waals surface area contributed by atoms with Crippen LogP contribution in [0.4, 0.5) is 0 Å². The molecule has 3 rings (SSSR count). The molecule has 1 aromatic carbocycles. The third-order valence-corrected chi connectivity index (χ3v) is 6.51. The first-order valence-electron chi connectivity index (χ1n) is 7.85. The van der Waals surface area contributed by atoms with Crippen LogP contribution in [0.2, 0.25) is 0 Å². The summed E-state index contributed by atoms with van der Waals surface area (Å²) in [6.45, 7) is 3.02. The molecule has 4 nitrogen and oxygen atoms in total. The lowest BCUT2D eigenvalue weighted by Crippen LogP contribution is -2.54. The number of hydrogen-bond acceptors (Lipinski definition) is 3. The lowest BCUT2D eigenvalue weighted by atomic mass is 9.91. The predicted molar refractivity (Wildman–Crippen MR) is 81.7 cm³/mol. The van der Waals surface area contributed by atoms with Crippen molar-refractivity contribution in [2.45, 2.75) is 56.1 Å². The molecule has 1 aliphatic heterocycles. The summed E-state index contributed by atoms with van der Waals surface area (Å²) in [4.78, 5) is 0.424. The molecule has 1 saturated carbocycles. The molecule has 21 heavy (non-hydrogen) atoms. The van der Waals surface area contributed by atoms with Crippen molar-refractivity contribution in [3.63, 3.8) is 0 Å². The fourth-order valence-corrected chi connectivity index (χ4v) is 5.15. The van der Waals surface area contributed by atoms with E-state index < -0.39 is 10.0 Å². The second kappa shape index (κ2) is 6.07. The number of rotatable bonds is 3. The smallest absolute Gasteiger partial charge is 0.243 e. The van der Waals surface area contributed by atoms with Gasteiger partial charge in [-0.2, -0.15) is 4.31 Å². The summed E-state index contributed by atoms with van der Waals surface area (Å²) in [7, 11) is -3.41. The monoisotopic (exact) mass is 309 g/mol. The van der Waals surface area contributed by atoms with Crippen LogP contribution in [0.3, 0.4) is 0 Å². The quantitative estimate of drug-likeness (QED) is 0.862. The molecule has 1 heterocycles. The average molecular weight is 309 g/mol. The Morgan fingerprint density at radius 3 is 2.90 bits per heavy atom. The lowest BCUT2D eigenvalue weighted by molar-refractivity contribution is -0.0586. The van der Waals surface area contributed by atoms with Gasteiger partial charge in [0.05, 0.1) is 23.6 Å². The van der Waals surface area contributed by atoms with Gasteiger partial charge in [-0.25, -0.2) is 8.42 Å². The summed E-state index contributed by atoms with van der Waals surface area (Å²) in [5.74, 6) is 0. The highest BCUT2D eigenvalue weighted by Gasteiger charge is 2.40. The molecule has 0 radical (unpaired) electrons. The molecule has 0 bridgehead atoms. The van der Waals surface area contributed by atoms with E-state index in [1.807, 2.05) is 25.1 Å². The Bertz CT molecular complexity index is 597. The molecular formula is C16H23NO3S. The van der Waals surface area contributed by atoms with E-state index in [0.717, 1.165) is 37.7 Å². The van der Waals surface area contributed by atoms with Crippen LogP contribution in [0.1, 0.15) is 38.2 Å². The molecule has 5 heteroatoms. The van der Waals surface area contributed by atoms with Crippen LogP contribution in [-0.2, 0) is 21.2 Å². The summed E-state index contributed by atoms with van der Waals surface area (Å²) in [5.41, 5.74) is 1.06. The molecule has 0 aromatic heterocycles. The third kappa shape index (κ3) is 2.87. The van der Waals surface area contributed by atoms with Crippen molar-refractivity contribution in [3.05, 3.63) is 29.8 Å². The first-order chi connectivity index (χ1) is 10.1. The summed E-state index contributed by atoms with van der Waals surface area (Å²) >= 11 is 0. The van der Waals surface area contributed by atoms with E-state index >= 15 is 0 Å². The minimum Gasteiger partial charge on any atom is -0.375 e. The van der Waals surface area contributed by atoms with Gasteiger partial charge in [-0.3, -0.25) is 0 Å². The topological polar surface area (TPSA) is 46.6 Å². The largest absolute Gasteiger partial charge is 0.375 e. The van der Waals surface area contributed by atoms with E-state index in [0.29, 0.717) is 18.0 Å². The first kappa shape index (κ1) is 15.0. The van der Waals surface area contributed by atoms with Crippen LogP contribution in [0, 0.1) is 0 Å². The number of benzene rings is 1. The number of hydrogen-bond donors (Lipinski definition) is 0. The number of fused-ring (bicyclic) bond motifs is 1.